The van der Waals surface area contributed by atoms with Crippen LogP contribution in [0.15, 0.2) is 24.3 Å². The van der Waals surface area contributed by atoms with Gasteiger partial charge in [0.15, 0.2) is 0 Å². The molecule has 0 aliphatic carbocycles. The largest absolute Gasteiger partial charge is 0.396 e. The molecule has 0 aromatic heterocycles. The van der Waals surface area contributed by atoms with Gasteiger partial charge in [0, 0.05) is 37.6 Å². The van der Waals surface area contributed by atoms with E-state index >= 15 is 0 Å². The zero-order chi connectivity index (χ0) is 13.2. The molecule has 0 atom stereocenters. The van der Waals surface area contributed by atoms with Crippen LogP contribution in [0.1, 0.15) is 12.0 Å². The molecule has 0 heterocycles. The van der Waals surface area contributed by atoms with Gasteiger partial charge >= 0.3 is 0 Å². The molecule has 100 valence electrons. The number of hydrogen-bond acceptors (Lipinski definition) is 5. The maximum atomic E-state index is 10.5. The molecule has 1 rings (SSSR count). The zero-order valence-electron chi connectivity index (χ0n) is 10.2. The fourth-order valence-corrected chi connectivity index (χ4v) is 2.21. The minimum absolute atomic E-state index is 0.123. The van der Waals surface area contributed by atoms with Crippen molar-refractivity contribution >= 4 is 17.4 Å². The average molecular weight is 270 g/mol. The van der Waals surface area contributed by atoms with Gasteiger partial charge in [-0.3, -0.25) is 10.1 Å². The molecule has 0 aliphatic rings. The van der Waals surface area contributed by atoms with E-state index in [0.29, 0.717) is 0 Å². The molecule has 1 aromatic carbocycles. The highest BCUT2D eigenvalue weighted by molar-refractivity contribution is 7.99. The zero-order valence-corrected chi connectivity index (χ0v) is 11.0. The monoisotopic (exact) mass is 270 g/mol. The van der Waals surface area contributed by atoms with Crippen molar-refractivity contribution in [3.8, 4) is 0 Å². The molecule has 0 saturated carbocycles. The first-order valence-electron chi connectivity index (χ1n) is 5.86. The molecule has 0 unspecified atom stereocenters. The number of thioether (sulfide) groups is 1. The van der Waals surface area contributed by atoms with Gasteiger partial charge in [0.2, 0.25) is 0 Å². The number of non-ortho nitro benzene ring substituents is 1. The number of aliphatic hydroxyl groups excluding tert-OH is 1. The summed E-state index contributed by atoms with van der Waals surface area (Å²) in [7, 11) is 0. The summed E-state index contributed by atoms with van der Waals surface area (Å²) in [5, 5.41) is 22.3. The highest BCUT2D eigenvalue weighted by Gasteiger charge is 2.03. The lowest BCUT2D eigenvalue weighted by molar-refractivity contribution is -0.384. The Morgan fingerprint density at radius 3 is 2.61 bits per heavy atom. The van der Waals surface area contributed by atoms with Gasteiger partial charge < -0.3 is 10.4 Å². The number of nitrogens with one attached hydrogen (secondary N) is 1. The summed E-state index contributed by atoms with van der Waals surface area (Å²) in [6.07, 6.45) is 0.840. The molecule has 0 amide bonds. The summed E-state index contributed by atoms with van der Waals surface area (Å²) in [6.45, 7) is 1.87. The molecule has 2 N–H and O–H groups in total. The quantitative estimate of drug-likeness (QED) is 0.406. The summed E-state index contributed by atoms with van der Waals surface area (Å²) in [5.74, 6) is 1.99. The van der Waals surface area contributed by atoms with Gasteiger partial charge in [0.1, 0.15) is 0 Å². The molecule has 0 fully saturated rings. The summed E-state index contributed by atoms with van der Waals surface area (Å²) in [4.78, 5) is 10.1. The Kier molecular flexibility index (Phi) is 7.40. The van der Waals surface area contributed by atoms with Crippen molar-refractivity contribution in [2.45, 2.75) is 13.0 Å². The van der Waals surface area contributed by atoms with E-state index in [1.165, 1.54) is 12.1 Å². The van der Waals surface area contributed by atoms with Gasteiger partial charge in [-0.15, -0.1) is 0 Å². The summed E-state index contributed by atoms with van der Waals surface area (Å²) in [5.41, 5.74) is 1.17. The third kappa shape index (κ3) is 6.00. The minimum atomic E-state index is -0.394. The van der Waals surface area contributed by atoms with Crippen LogP contribution in [0.5, 0.6) is 0 Å². The fraction of sp³-hybridized carbons (Fsp3) is 0.500. The lowest BCUT2D eigenvalue weighted by atomic mass is 10.2. The van der Waals surface area contributed by atoms with E-state index in [9.17, 15) is 10.1 Å². The van der Waals surface area contributed by atoms with Gasteiger partial charge in [0.25, 0.3) is 5.69 Å². The molecular formula is C12H18N2O3S. The second-order valence-corrected chi connectivity index (χ2v) is 5.01. The number of hydrogen-bond donors (Lipinski definition) is 2. The van der Waals surface area contributed by atoms with E-state index in [2.05, 4.69) is 5.32 Å². The lowest BCUT2D eigenvalue weighted by Gasteiger charge is -2.04. The smallest absolute Gasteiger partial charge is 0.269 e. The van der Waals surface area contributed by atoms with Crippen LogP contribution < -0.4 is 5.32 Å². The van der Waals surface area contributed by atoms with E-state index in [4.69, 9.17) is 5.11 Å². The first-order valence-corrected chi connectivity index (χ1v) is 7.02. The number of nitrogens with zero attached hydrogens (tertiary/aromatic N) is 1. The van der Waals surface area contributed by atoms with Crippen molar-refractivity contribution < 1.29 is 10.0 Å². The van der Waals surface area contributed by atoms with Gasteiger partial charge in [0.05, 0.1) is 4.92 Å². The summed E-state index contributed by atoms with van der Waals surface area (Å²) in [6, 6.07) is 6.58. The molecule has 0 spiro atoms. The molecule has 6 heteroatoms. The maximum absolute atomic E-state index is 10.5. The second-order valence-electron chi connectivity index (χ2n) is 3.79. The molecule has 5 nitrogen and oxygen atoms in total. The predicted molar refractivity (Wildman–Crippen MR) is 73.8 cm³/mol. The average Bonchev–Trinajstić information content (AvgIpc) is 2.38. The van der Waals surface area contributed by atoms with Gasteiger partial charge in [-0.2, -0.15) is 11.8 Å². The number of nitro groups is 1. The second kappa shape index (κ2) is 8.91. The van der Waals surface area contributed by atoms with Crippen molar-refractivity contribution in [3.63, 3.8) is 0 Å². The lowest BCUT2D eigenvalue weighted by Crippen LogP contribution is -2.16. The molecule has 1 aromatic rings. The van der Waals surface area contributed by atoms with Gasteiger partial charge in [-0.05, 0) is 17.7 Å². The molecule has 18 heavy (non-hydrogen) atoms. The molecule has 0 bridgehead atoms. The summed E-state index contributed by atoms with van der Waals surface area (Å²) >= 11 is 1.81. The molecular weight excluding hydrogens is 252 g/mol. The Hall–Kier alpha value is -1.11. The Bertz CT molecular complexity index is 357. The first-order chi connectivity index (χ1) is 8.74. The standard InChI is InChI=1S/C12H18N2O3S/c15-7-1-8-18-9-6-13-10-11-2-4-12(5-3-11)14(16)17/h2-5,13,15H,1,6-10H2. The van der Waals surface area contributed by atoms with Crippen molar-refractivity contribution in [1.82, 2.24) is 5.32 Å². The van der Waals surface area contributed by atoms with E-state index in [1.807, 2.05) is 11.8 Å². The molecule has 0 radical (unpaired) electrons. The van der Waals surface area contributed by atoms with Crippen molar-refractivity contribution in [3.05, 3.63) is 39.9 Å². The van der Waals surface area contributed by atoms with Crippen LogP contribution in [-0.2, 0) is 6.54 Å². The van der Waals surface area contributed by atoms with Crippen molar-refractivity contribution in [1.29, 1.82) is 0 Å². The maximum Gasteiger partial charge on any atom is 0.269 e. The van der Waals surface area contributed by atoms with Gasteiger partial charge in [-0.1, -0.05) is 12.1 Å². The number of aliphatic hydroxyl groups is 1. The van der Waals surface area contributed by atoms with E-state index in [-0.39, 0.29) is 12.3 Å². The summed E-state index contributed by atoms with van der Waals surface area (Å²) < 4.78 is 0. The van der Waals surface area contributed by atoms with Crippen LogP contribution in [0, 0.1) is 10.1 Å². The van der Waals surface area contributed by atoms with Crippen LogP contribution in [-0.4, -0.2) is 34.7 Å². The normalized spacial score (nSPS) is 10.5. The Balaban J connectivity index is 2.14. The van der Waals surface area contributed by atoms with Crippen LogP contribution >= 0.6 is 11.8 Å². The fourth-order valence-electron chi connectivity index (χ4n) is 1.38. The van der Waals surface area contributed by atoms with E-state index < -0.39 is 4.92 Å². The van der Waals surface area contributed by atoms with Crippen molar-refractivity contribution in [2.75, 3.05) is 24.7 Å². The van der Waals surface area contributed by atoms with E-state index in [0.717, 1.165) is 36.6 Å². The highest BCUT2D eigenvalue weighted by Crippen LogP contribution is 2.11. The van der Waals surface area contributed by atoms with Gasteiger partial charge in [-0.25, -0.2) is 0 Å². The van der Waals surface area contributed by atoms with Crippen LogP contribution in [0.3, 0.4) is 0 Å². The topological polar surface area (TPSA) is 75.4 Å². The number of benzene rings is 1. The molecule has 0 aliphatic heterocycles. The molecule has 0 saturated heterocycles. The number of rotatable bonds is 9. The Morgan fingerprint density at radius 1 is 1.28 bits per heavy atom. The predicted octanol–water partition coefficient (Wildman–Crippen LogP) is 1.80. The van der Waals surface area contributed by atoms with Crippen molar-refractivity contribution in [2.24, 2.45) is 0 Å². The Labute approximate surface area is 111 Å². The van der Waals surface area contributed by atoms with Crippen LogP contribution in [0.2, 0.25) is 0 Å². The minimum Gasteiger partial charge on any atom is -0.396 e. The number of nitro benzene ring substituents is 1. The highest BCUT2D eigenvalue weighted by atomic mass is 32.2. The first kappa shape index (κ1) is 14.9. The third-order valence-electron chi connectivity index (χ3n) is 2.35. The van der Waals surface area contributed by atoms with Crippen LogP contribution in [0.25, 0.3) is 0 Å². The van der Waals surface area contributed by atoms with Crippen LogP contribution in [0.4, 0.5) is 5.69 Å². The third-order valence-corrected chi connectivity index (χ3v) is 3.42. The Morgan fingerprint density at radius 2 is 2.00 bits per heavy atom. The van der Waals surface area contributed by atoms with E-state index in [1.54, 1.807) is 12.1 Å². The SMILES string of the molecule is O=[N+]([O-])c1ccc(CNCCSCCCO)cc1.